The van der Waals surface area contributed by atoms with Gasteiger partial charge in [-0.1, -0.05) is 33.1 Å². The lowest BCUT2D eigenvalue weighted by molar-refractivity contribution is 0.115. The Morgan fingerprint density at radius 3 is 2.44 bits per heavy atom. The van der Waals surface area contributed by atoms with Gasteiger partial charge in [-0.25, -0.2) is 0 Å². The van der Waals surface area contributed by atoms with Gasteiger partial charge in [-0.2, -0.15) is 0 Å². The Morgan fingerprint density at radius 1 is 1.17 bits per heavy atom. The van der Waals surface area contributed by atoms with E-state index in [-0.39, 0.29) is 6.61 Å². The van der Waals surface area contributed by atoms with Crippen molar-refractivity contribution >= 4 is 0 Å². The van der Waals surface area contributed by atoms with Crippen LogP contribution in [0.5, 0.6) is 0 Å². The first kappa shape index (κ1) is 15.9. The highest BCUT2D eigenvalue weighted by atomic mass is 16.3. The summed E-state index contributed by atoms with van der Waals surface area (Å²) in [6.45, 7) is 6.62. The van der Waals surface area contributed by atoms with Crippen molar-refractivity contribution in [2.24, 2.45) is 11.7 Å². The van der Waals surface area contributed by atoms with E-state index in [1.165, 1.54) is 44.9 Å². The van der Waals surface area contributed by atoms with Gasteiger partial charge in [0.2, 0.25) is 0 Å². The smallest absolute Gasteiger partial charge is 0.0558 e. The predicted molar refractivity (Wildman–Crippen MR) is 77.6 cm³/mol. The van der Waals surface area contributed by atoms with E-state index < -0.39 is 0 Å². The largest absolute Gasteiger partial charge is 0.395 e. The molecule has 0 bridgehead atoms. The fourth-order valence-corrected chi connectivity index (χ4v) is 3.30. The van der Waals surface area contributed by atoms with E-state index in [1.54, 1.807) is 0 Å². The second-order valence-corrected chi connectivity index (χ2v) is 5.75. The van der Waals surface area contributed by atoms with Gasteiger partial charge in [0.25, 0.3) is 0 Å². The number of aliphatic hydroxyl groups excluding tert-OH is 1. The van der Waals surface area contributed by atoms with Gasteiger partial charge in [-0.3, -0.25) is 4.90 Å². The summed E-state index contributed by atoms with van der Waals surface area (Å²) in [5, 5.41) is 9.25. The maximum absolute atomic E-state index is 9.25. The SMILES string of the molecule is CCC(CC)N(CCO)CC1CCCCCC1N. The van der Waals surface area contributed by atoms with Crippen LogP contribution in [-0.4, -0.2) is 41.8 Å². The molecule has 1 aliphatic rings. The molecule has 1 saturated carbocycles. The molecule has 0 saturated heterocycles. The van der Waals surface area contributed by atoms with Gasteiger partial charge < -0.3 is 10.8 Å². The molecule has 0 aromatic rings. The zero-order chi connectivity index (χ0) is 13.4. The molecule has 3 heteroatoms. The molecule has 3 N–H and O–H groups in total. The van der Waals surface area contributed by atoms with E-state index in [0.29, 0.717) is 18.0 Å². The van der Waals surface area contributed by atoms with Gasteiger partial charge in [-0.15, -0.1) is 0 Å². The number of hydrogen-bond acceptors (Lipinski definition) is 3. The molecule has 0 amide bonds. The molecular weight excluding hydrogens is 224 g/mol. The monoisotopic (exact) mass is 256 g/mol. The summed E-state index contributed by atoms with van der Waals surface area (Å²) in [5.41, 5.74) is 6.32. The first-order valence-electron chi connectivity index (χ1n) is 7.83. The van der Waals surface area contributed by atoms with Crippen LogP contribution in [0.25, 0.3) is 0 Å². The summed E-state index contributed by atoms with van der Waals surface area (Å²) in [4.78, 5) is 2.47. The Bertz CT molecular complexity index is 207. The van der Waals surface area contributed by atoms with Gasteiger partial charge >= 0.3 is 0 Å². The molecule has 0 aliphatic heterocycles. The molecule has 1 fully saturated rings. The topological polar surface area (TPSA) is 49.5 Å². The molecule has 108 valence electrons. The Labute approximate surface area is 113 Å². The van der Waals surface area contributed by atoms with Gasteiger partial charge in [0.15, 0.2) is 0 Å². The molecule has 0 spiro atoms. The highest BCUT2D eigenvalue weighted by Crippen LogP contribution is 2.24. The molecular formula is C15H32N2O. The Kier molecular flexibility index (Phi) is 7.87. The second-order valence-electron chi connectivity index (χ2n) is 5.75. The van der Waals surface area contributed by atoms with Crippen LogP contribution in [-0.2, 0) is 0 Å². The lowest BCUT2D eigenvalue weighted by Crippen LogP contribution is -2.44. The highest BCUT2D eigenvalue weighted by Gasteiger charge is 2.25. The molecule has 2 atom stereocenters. The molecule has 1 aliphatic carbocycles. The van der Waals surface area contributed by atoms with Crippen molar-refractivity contribution in [1.82, 2.24) is 4.90 Å². The van der Waals surface area contributed by atoms with E-state index in [2.05, 4.69) is 18.7 Å². The van der Waals surface area contributed by atoms with E-state index in [0.717, 1.165) is 13.1 Å². The number of nitrogens with two attached hydrogens (primary N) is 1. The minimum Gasteiger partial charge on any atom is -0.395 e. The molecule has 2 unspecified atom stereocenters. The third-order valence-corrected chi connectivity index (χ3v) is 4.53. The van der Waals surface area contributed by atoms with Gasteiger partial charge in [0.05, 0.1) is 6.61 Å². The second kappa shape index (κ2) is 8.89. The van der Waals surface area contributed by atoms with Crippen LogP contribution in [0.1, 0.15) is 58.8 Å². The molecule has 0 radical (unpaired) electrons. The summed E-state index contributed by atoms with van der Waals surface area (Å²) in [7, 11) is 0. The molecule has 1 rings (SSSR count). The fraction of sp³-hybridized carbons (Fsp3) is 1.00. The van der Waals surface area contributed by atoms with Gasteiger partial charge in [-0.05, 0) is 31.6 Å². The van der Waals surface area contributed by atoms with Crippen molar-refractivity contribution in [2.45, 2.75) is 70.9 Å². The zero-order valence-corrected chi connectivity index (χ0v) is 12.3. The van der Waals surface area contributed by atoms with Crippen molar-refractivity contribution in [3.63, 3.8) is 0 Å². The van der Waals surface area contributed by atoms with E-state index >= 15 is 0 Å². The average Bonchev–Trinajstić information content (AvgIpc) is 2.57. The summed E-state index contributed by atoms with van der Waals surface area (Å²) in [6.07, 6.45) is 8.74. The third-order valence-electron chi connectivity index (χ3n) is 4.53. The van der Waals surface area contributed by atoms with E-state index in [1.807, 2.05) is 0 Å². The molecule has 0 heterocycles. The van der Waals surface area contributed by atoms with Crippen LogP contribution in [0.15, 0.2) is 0 Å². The maximum Gasteiger partial charge on any atom is 0.0558 e. The number of nitrogens with zero attached hydrogens (tertiary/aromatic N) is 1. The van der Waals surface area contributed by atoms with Crippen molar-refractivity contribution < 1.29 is 5.11 Å². The Balaban J connectivity index is 2.56. The molecule has 0 aromatic heterocycles. The standard InChI is InChI=1S/C15H32N2O/c1-3-14(4-2)17(10-11-18)12-13-8-6-5-7-9-15(13)16/h13-15,18H,3-12,16H2,1-2H3. The minimum absolute atomic E-state index is 0.262. The summed E-state index contributed by atoms with van der Waals surface area (Å²) in [5.74, 6) is 0.625. The first-order chi connectivity index (χ1) is 8.72. The molecule has 18 heavy (non-hydrogen) atoms. The molecule has 3 nitrogen and oxygen atoms in total. The third kappa shape index (κ3) is 4.87. The quantitative estimate of drug-likeness (QED) is 0.688. The number of hydrogen-bond donors (Lipinski definition) is 2. The lowest BCUT2D eigenvalue weighted by Gasteiger charge is -2.34. The van der Waals surface area contributed by atoms with Crippen molar-refractivity contribution in [1.29, 1.82) is 0 Å². The highest BCUT2D eigenvalue weighted by molar-refractivity contribution is 4.81. The lowest BCUT2D eigenvalue weighted by atomic mass is 9.94. The summed E-state index contributed by atoms with van der Waals surface area (Å²) in [6, 6.07) is 0.968. The number of aliphatic hydroxyl groups is 1. The van der Waals surface area contributed by atoms with Crippen LogP contribution < -0.4 is 5.73 Å². The molecule has 0 aromatic carbocycles. The van der Waals surface area contributed by atoms with E-state index in [9.17, 15) is 5.11 Å². The zero-order valence-electron chi connectivity index (χ0n) is 12.3. The van der Waals surface area contributed by atoms with Crippen LogP contribution in [0.2, 0.25) is 0 Å². The van der Waals surface area contributed by atoms with E-state index in [4.69, 9.17) is 5.73 Å². The van der Waals surface area contributed by atoms with Gasteiger partial charge in [0, 0.05) is 25.2 Å². The Morgan fingerprint density at radius 2 is 1.83 bits per heavy atom. The maximum atomic E-state index is 9.25. The van der Waals surface area contributed by atoms with Crippen LogP contribution in [0.4, 0.5) is 0 Å². The van der Waals surface area contributed by atoms with Gasteiger partial charge in [0.1, 0.15) is 0 Å². The van der Waals surface area contributed by atoms with Crippen LogP contribution in [0.3, 0.4) is 0 Å². The Hall–Kier alpha value is -0.120. The summed E-state index contributed by atoms with van der Waals surface area (Å²) >= 11 is 0. The fourth-order valence-electron chi connectivity index (χ4n) is 3.30. The average molecular weight is 256 g/mol. The van der Waals surface area contributed by atoms with Crippen molar-refractivity contribution in [2.75, 3.05) is 19.7 Å². The summed E-state index contributed by atoms with van der Waals surface area (Å²) < 4.78 is 0. The normalized spacial score (nSPS) is 25.7. The van der Waals surface area contributed by atoms with Crippen LogP contribution in [0, 0.1) is 5.92 Å². The number of rotatable bonds is 7. The predicted octanol–water partition coefficient (Wildman–Crippen LogP) is 2.38. The van der Waals surface area contributed by atoms with Crippen LogP contribution >= 0.6 is 0 Å². The first-order valence-corrected chi connectivity index (χ1v) is 7.83. The van der Waals surface area contributed by atoms with Crippen molar-refractivity contribution in [3.8, 4) is 0 Å². The minimum atomic E-state index is 0.262. The van der Waals surface area contributed by atoms with Crippen molar-refractivity contribution in [3.05, 3.63) is 0 Å².